The van der Waals surface area contributed by atoms with E-state index in [1.807, 2.05) is 24.3 Å². The van der Waals surface area contributed by atoms with Gasteiger partial charge < -0.3 is 18.8 Å². The number of hydrogen-bond acceptors (Lipinski definition) is 7. The van der Waals surface area contributed by atoms with Gasteiger partial charge in [0.25, 0.3) is 5.69 Å². The third-order valence-corrected chi connectivity index (χ3v) is 8.71. The molecule has 1 aliphatic heterocycles. The van der Waals surface area contributed by atoms with Gasteiger partial charge in [-0.25, -0.2) is 4.79 Å². The summed E-state index contributed by atoms with van der Waals surface area (Å²) >= 11 is -0.743. The summed E-state index contributed by atoms with van der Waals surface area (Å²) in [6.45, 7) is 8.56. The van der Waals surface area contributed by atoms with Gasteiger partial charge in [0, 0.05) is 24.1 Å². The number of fused-ring (bicyclic) bond motifs is 1. The topological polar surface area (TPSA) is 111 Å². The lowest BCUT2D eigenvalue weighted by Crippen LogP contribution is -2.23. The first-order valence-corrected chi connectivity index (χ1v) is 16.5. The molecule has 0 spiro atoms. The molecule has 0 aromatic heterocycles. The molecule has 0 saturated heterocycles. The molecule has 232 valence electrons. The van der Waals surface area contributed by atoms with Crippen molar-refractivity contribution >= 4 is 22.8 Å². The molecule has 2 unspecified atom stereocenters. The lowest BCUT2D eigenvalue weighted by molar-refractivity contribution is -0.384. The number of ether oxygens (including phenoxy) is 3. The lowest BCUT2D eigenvalue weighted by Gasteiger charge is -2.18. The number of carbonyl (C=O) groups is 1. The van der Waals surface area contributed by atoms with Crippen molar-refractivity contribution in [2.24, 2.45) is 0 Å². The van der Waals surface area contributed by atoms with Crippen molar-refractivity contribution in [1.82, 2.24) is 0 Å². The fourth-order valence-electron chi connectivity index (χ4n) is 4.30. The molecule has 2 atom stereocenters. The Kier molecular flexibility index (Phi) is 16.7. The normalized spacial score (nSPS) is 13.6. The summed E-state index contributed by atoms with van der Waals surface area (Å²) in [6.07, 6.45) is 13.2. The molecular formula is C33H47NO7S. The smallest absolute Gasteiger partial charge is 0.333 e. The summed E-state index contributed by atoms with van der Waals surface area (Å²) in [5.74, 6) is 2.10. The summed E-state index contributed by atoms with van der Waals surface area (Å²) in [5, 5.41) is 10.7. The minimum absolute atomic E-state index is 0.0238. The van der Waals surface area contributed by atoms with Crippen molar-refractivity contribution in [2.75, 3.05) is 12.5 Å². The second kappa shape index (κ2) is 20.0. The Morgan fingerprint density at radius 2 is 1.62 bits per heavy atom. The van der Waals surface area contributed by atoms with Gasteiger partial charge >= 0.3 is 5.97 Å². The number of nitro benzene ring substituents is 1. The fraction of sp³-hybridized carbons (Fsp3) is 0.545. The number of nitrogens with zero attached hydrogens (tertiary/aromatic N) is 1. The third-order valence-electron chi connectivity index (χ3n) is 6.96. The van der Waals surface area contributed by atoms with Crippen LogP contribution in [0.4, 0.5) is 5.69 Å². The van der Waals surface area contributed by atoms with Crippen LogP contribution in [0.3, 0.4) is 0 Å². The summed E-state index contributed by atoms with van der Waals surface area (Å²) in [4.78, 5) is 21.7. The van der Waals surface area contributed by atoms with Crippen molar-refractivity contribution in [2.45, 2.75) is 104 Å². The first kappa shape index (κ1) is 35.2. The quantitative estimate of drug-likeness (QED) is 0.0448. The molecule has 2 aromatic rings. The van der Waals surface area contributed by atoms with Crippen LogP contribution in [0.15, 0.2) is 54.1 Å². The van der Waals surface area contributed by atoms with Gasteiger partial charge in [-0.15, -0.1) is 0 Å². The molecule has 42 heavy (non-hydrogen) atoms. The SMILES string of the molecule is CCCC/C=C(/C)C(=O)OCc1ccc([N+](=O)[O-])cc1.CCCCCCCC[S+]([O-])C(C)Cc1ccc2c(c1)OCO2. The van der Waals surface area contributed by atoms with E-state index in [1.165, 1.54) is 49.8 Å². The zero-order valence-electron chi connectivity index (χ0n) is 25.6. The number of hydrogen-bond donors (Lipinski definition) is 0. The predicted molar refractivity (Wildman–Crippen MR) is 168 cm³/mol. The molecule has 0 N–H and O–H groups in total. The summed E-state index contributed by atoms with van der Waals surface area (Å²) < 4.78 is 28.2. The fourth-order valence-corrected chi connectivity index (χ4v) is 5.57. The molecule has 3 rings (SSSR count). The Morgan fingerprint density at radius 3 is 2.31 bits per heavy atom. The van der Waals surface area contributed by atoms with Crippen LogP contribution in [0.25, 0.3) is 0 Å². The van der Waals surface area contributed by atoms with Gasteiger partial charge in [-0.3, -0.25) is 10.1 Å². The maximum Gasteiger partial charge on any atom is 0.333 e. The van der Waals surface area contributed by atoms with Crippen LogP contribution >= 0.6 is 0 Å². The van der Waals surface area contributed by atoms with E-state index >= 15 is 0 Å². The molecule has 8 nitrogen and oxygen atoms in total. The zero-order chi connectivity index (χ0) is 30.7. The van der Waals surface area contributed by atoms with Gasteiger partial charge in [0.05, 0.1) is 4.92 Å². The Morgan fingerprint density at radius 1 is 0.976 bits per heavy atom. The van der Waals surface area contributed by atoms with Crippen LogP contribution in [0, 0.1) is 10.1 Å². The number of esters is 1. The van der Waals surface area contributed by atoms with Gasteiger partial charge in [-0.2, -0.15) is 0 Å². The maximum atomic E-state index is 12.3. The van der Waals surface area contributed by atoms with E-state index in [9.17, 15) is 19.5 Å². The lowest BCUT2D eigenvalue weighted by atomic mass is 10.1. The predicted octanol–water partition coefficient (Wildman–Crippen LogP) is 8.23. The second-order valence-corrected chi connectivity index (χ2v) is 12.6. The molecule has 9 heteroatoms. The number of benzene rings is 2. The maximum absolute atomic E-state index is 12.3. The minimum atomic E-state index is -0.743. The second-order valence-electron chi connectivity index (χ2n) is 10.6. The minimum Gasteiger partial charge on any atom is -0.616 e. The van der Waals surface area contributed by atoms with Gasteiger partial charge in [0.15, 0.2) is 11.5 Å². The average Bonchev–Trinajstić information content (AvgIpc) is 3.46. The van der Waals surface area contributed by atoms with Crippen molar-refractivity contribution in [3.63, 3.8) is 0 Å². The zero-order valence-corrected chi connectivity index (χ0v) is 26.4. The van der Waals surface area contributed by atoms with E-state index < -0.39 is 16.1 Å². The highest BCUT2D eigenvalue weighted by Crippen LogP contribution is 2.33. The van der Waals surface area contributed by atoms with E-state index in [2.05, 4.69) is 20.8 Å². The van der Waals surface area contributed by atoms with Crippen LogP contribution in [0.5, 0.6) is 11.5 Å². The van der Waals surface area contributed by atoms with Crippen molar-refractivity contribution in [3.05, 3.63) is 75.4 Å². The third kappa shape index (κ3) is 13.3. The van der Waals surface area contributed by atoms with E-state index in [4.69, 9.17) is 14.2 Å². The highest BCUT2D eigenvalue weighted by atomic mass is 32.2. The van der Waals surface area contributed by atoms with Crippen LogP contribution in [-0.4, -0.2) is 33.2 Å². The van der Waals surface area contributed by atoms with E-state index in [0.717, 1.165) is 54.9 Å². The highest BCUT2D eigenvalue weighted by Gasteiger charge is 2.19. The number of rotatable bonds is 17. The molecule has 0 aliphatic carbocycles. The molecular weight excluding hydrogens is 554 g/mol. The highest BCUT2D eigenvalue weighted by molar-refractivity contribution is 7.91. The first-order valence-electron chi connectivity index (χ1n) is 15.1. The van der Waals surface area contributed by atoms with Crippen LogP contribution < -0.4 is 9.47 Å². The van der Waals surface area contributed by atoms with Crippen LogP contribution in [0.2, 0.25) is 0 Å². The largest absolute Gasteiger partial charge is 0.616 e. The number of unbranched alkanes of at least 4 members (excludes halogenated alkanes) is 7. The molecule has 1 aliphatic rings. The summed E-state index contributed by atoms with van der Waals surface area (Å²) in [7, 11) is 0. The number of non-ortho nitro benzene ring substituents is 1. The van der Waals surface area contributed by atoms with E-state index in [0.29, 0.717) is 12.4 Å². The van der Waals surface area contributed by atoms with Crippen LogP contribution in [-0.2, 0) is 33.7 Å². The van der Waals surface area contributed by atoms with Gasteiger partial charge in [0.1, 0.15) is 17.6 Å². The molecule has 1 heterocycles. The molecule has 0 radical (unpaired) electrons. The first-order chi connectivity index (χ1) is 20.2. The monoisotopic (exact) mass is 601 g/mol. The molecule has 0 saturated carbocycles. The number of carbonyl (C=O) groups excluding carboxylic acids is 1. The molecule has 0 amide bonds. The summed E-state index contributed by atoms with van der Waals surface area (Å²) in [5.41, 5.74) is 2.52. The standard InChI is InChI=1S/C18H28O3S.C15H19NO4/c1-3-4-5-6-7-8-11-22(19)15(2)12-16-9-10-17-18(13-16)21-14-20-17;1-3-4-5-6-12(2)15(17)20-11-13-7-9-14(10-8-13)16(18)19/h9-10,13,15H,3-8,11-12,14H2,1-2H3;6-10H,3-5,11H2,1-2H3/b;12-6-. The Labute approximate surface area is 254 Å². The molecule has 2 aromatic carbocycles. The van der Waals surface area contributed by atoms with Crippen molar-refractivity contribution in [3.8, 4) is 11.5 Å². The molecule has 0 fully saturated rings. The van der Waals surface area contributed by atoms with Gasteiger partial charge in [0.2, 0.25) is 6.79 Å². The average molecular weight is 602 g/mol. The van der Waals surface area contributed by atoms with E-state index in [1.54, 1.807) is 19.1 Å². The Hall–Kier alpha value is -3.04. The van der Waals surface area contributed by atoms with Crippen molar-refractivity contribution in [1.29, 1.82) is 0 Å². The van der Waals surface area contributed by atoms with E-state index in [-0.39, 0.29) is 23.5 Å². The Bertz CT molecular complexity index is 1120. The van der Waals surface area contributed by atoms with Gasteiger partial charge in [-0.1, -0.05) is 75.7 Å². The van der Waals surface area contributed by atoms with Crippen molar-refractivity contribution < 1.29 is 28.5 Å². The van der Waals surface area contributed by atoms with Gasteiger partial charge in [-0.05, 0) is 68.5 Å². The Balaban J connectivity index is 0.000000295. The number of nitro groups is 1. The van der Waals surface area contributed by atoms with Crippen LogP contribution in [0.1, 0.15) is 96.6 Å². The summed E-state index contributed by atoms with van der Waals surface area (Å²) in [6, 6.07) is 12.0. The number of allylic oxidation sites excluding steroid dienone is 1. The molecule has 0 bridgehead atoms.